The van der Waals surface area contributed by atoms with Crippen LogP contribution >= 0.6 is 0 Å². The monoisotopic (exact) mass is 335 g/mol. The molecule has 4 N–H and O–H groups in total. The summed E-state index contributed by atoms with van der Waals surface area (Å²) in [6.07, 6.45) is 2.06. The lowest BCUT2D eigenvalue weighted by atomic mass is 9.97. The summed E-state index contributed by atoms with van der Waals surface area (Å²) in [7, 11) is 0. The molecule has 2 aromatic carbocycles. The fraction of sp³-hybridized carbons (Fsp3) is 0.263. The number of Topliss-reactive ketones (excluding diaryl/α,β-unsaturated/α-hetero) is 1. The second-order valence-corrected chi connectivity index (χ2v) is 6.60. The Labute approximate surface area is 146 Å². The molecule has 0 radical (unpaired) electrons. The van der Waals surface area contributed by atoms with E-state index in [0.717, 1.165) is 33.3 Å². The van der Waals surface area contributed by atoms with E-state index >= 15 is 0 Å². The summed E-state index contributed by atoms with van der Waals surface area (Å²) in [6, 6.07) is 10.2. The molecule has 0 aliphatic carbocycles. The first-order chi connectivity index (χ1) is 12.1. The van der Waals surface area contributed by atoms with Crippen LogP contribution in [0.5, 0.6) is 0 Å². The van der Waals surface area contributed by atoms with Gasteiger partial charge in [-0.3, -0.25) is 10.1 Å². The van der Waals surface area contributed by atoms with Crippen LogP contribution in [0.15, 0.2) is 36.7 Å². The van der Waals surface area contributed by atoms with Gasteiger partial charge in [-0.1, -0.05) is 23.8 Å². The fourth-order valence-electron chi connectivity index (χ4n) is 3.41. The number of hydrogen-bond donors (Lipinski definition) is 4. The number of nitrogens with one attached hydrogen (secondary N) is 4. The van der Waals surface area contributed by atoms with Crippen LogP contribution in [0.1, 0.15) is 38.8 Å². The minimum absolute atomic E-state index is 0.0609. The molecule has 6 nitrogen and oxygen atoms in total. The number of H-pyrrole nitrogens is 1. The van der Waals surface area contributed by atoms with Gasteiger partial charge in [-0.25, -0.2) is 15.8 Å². The summed E-state index contributed by atoms with van der Waals surface area (Å²) in [6.45, 7) is 4.76. The van der Waals surface area contributed by atoms with Gasteiger partial charge in [-0.15, -0.1) is 0 Å². The van der Waals surface area contributed by atoms with Gasteiger partial charge in [0.05, 0.1) is 30.2 Å². The highest BCUT2D eigenvalue weighted by atomic mass is 16.1. The highest BCUT2D eigenvalue weighted by molar-refractivity contribution is 6.07. The largest absolute Gasteiger partial charge is 0.345 e. The van der Waals surface area contributed by atoms with Crippen molar-refractivity contribution in [3.05, 3.63) is 64.5 Å². The second-order valence-electron chi connectivity index (χ2n) is 6.60. The third-order valence-corrected chi connectivity index (χ3v) is 4.47. The molecule has 1 aliphatic rings. The zero-order valence-electron chi connectivity index (χ0n) is 14.3. The maximum Gasteiger partial charge on any atom is 0.169 e. The first-order valence-electron chi connectivity index (χ1n) is 8.39. The first-order valence-corrected chi connectivity index (χ1v) is 8.39. The van der Waals surface area contributed by atoms with Crippen molar-refractivity contribution >= 4 is 16.8 Å². The Hall–Kier alpha value is -2.54. The molecule has 1 atom stereocenters. The highest BCUT2D eigenvalue weighted by Crippen LogP contribution is 2.22. The summed E-state index contributed by atoms with van der Waals surface area (Å²) in [5.41, 5.74) is 12.9. The molecule has 0 saturated carbocycles. The number of carbonyl (C=O) groups is 1. The van der Waals surface area contributed by atoms with Crippen molar-refractivity contribution in [3.63, 3.8) is 0 Å². The number of aromatic nitrogens is 2. The van der Waals surface area contributed by atoms with Crippen molar-refractivity contribution in [1.82, 2.24) is 26.1 Å². The van der Waals surface area contributed by atoms with E-state index < -0.39 is 0 Å². The zero-order chi connectivity index (χ0) is 17.4. The highest BCUT2D eigenvalue weighted by Gasteiger charge is 2.18. The first kappa shape index (κ1) is 16.0. The number of aryl methyl sites for hydroxylation is 2. The smallest absolute Gasteiger partial charge is 0.169 e. The van der Waals surface area contributed by atoms with Gasteiger partial charge in [-0.2, -0.15) is 0 Å². The average molecular weight is 335 g/mol. The van der Waals surface area contributed by atoms with Crippen LogP contribution in [0, 0.1) is 13.8 Å². The van der Waals surface area contributed by atoms with Crippen LogP contribution in [0.2, 0.25) is 0 Å². The molecule has 1 saturated heterocycles. The number of benzene rings is 2. The molecule has 128 valence electrons. The van der Waals surface area contributed by atoms with Crippen LogP contribution in [0.4, 0.5) is 0 Å². The van der Waals surface area contributed by atoms with Crippen LogP contribution in [-0.2, 0) is 6.42 Å². The third kappa shape index (κ3) is 3.19. The Kier molecular flexibility index (Phi) is 4.09. The van der Waals surface area contributed by atoms with Crippen LogP contribution in [0.3, 0.4) is 0 Å². The number of hydrogen-bond acceptors (Lipinski definition) is 5. The molecule has 6 heteroatoms. The predicted molar refractivity (Wildman–Crippen MR) is 97.1 cm³/mol. The minimum atomic E-state index is 0.0609. The molecule has 3 aromatic rings. The molecule has 1 unspecified atom stereocenters. The number of nitrogens with zero attached hydrogens (tertiary/aromatic N) is 1. The Morgan fingerprint density at radius 2 is 2.00 bits per heavy atom. The van der Waals surface area contributed by atoms with Gasteiger partial charge < -0.3 is 4.98 Å². The van der Waals surface area contributed by atoms with Crippen molar-refractivity contribution < 1.29 is 4.79 Å². The van der Waals surface area contributed by atoms with Crippen LogP contribution < -0.4 is 16.2 Å². The molecule has 4 rings (SSSR count). The summed E-state index contributed by atoms with van der Waals surface area (Å²) in [4.78, 5) is 20.3. The molecule has 1 fully saturated rings. The van der Waals surface area contributed by atoms with Gasteiger partial charge in [0.1, 0.15) is 0 Å². The van der Waals surface area contributed by atoms with Gasteiger partial charge in [0.25, 0.3) is 0 Å². The summed E-state index contributed by atoms with van der Waals surface area (Å²) < 4.78 is 0. The molecule has 0 amide bonds. The van der Waals surface area contributed by atoms with Gasteiger partial charge >= 0.3 is 0 Å². The Bertz CT molecular complexity index is 940. The Morgan fingerprint density at radius 1 is 1.16 bits per heavy atom. The maximum atomic E-state index is 12.9. The molecule has 0 spiro atoms. The van der Waals surface area contributed by atoms with Crippen LogP contribution in [0.25, 0.3) is 11.0 Å². The SMILES string of the molecule is Cc1cc(CC(=O)c2cc(C)cc3[nH]cnc23)cc(C2NCNN2)c1. The number of imidazole rings is 1. The number of hydrazine groups is 1. The fourth-order valence-corrected chi connectivity index (χ4v) is 3.41. The van der Waals surface area contributed by atoms with Crippen molar-refractivity contribution in [1.29, 1.82) is 0 Å². The molecule has 1 aliphatic heterocycles. The number of carbonyl (C=O) groups excluding carboxylic acids is 1. The number of fused-ring (bicyclic) bond motifs is 1. The van der Waals surface area contributed by atoms with Crippen molar-refractivity contribution in [3.8, 4) is 0 Å². The lowest BCUT2D eigenvalue weighted by Crippen LogP contribution is -2.25. The molecule has 1 aromatic heterocycles. The summed E-state index contributed by atoms with van der Waals surface area (Å²) in [5, 5.41) is 3.32. The zero-order valence-corrected chi connectivity index (χ0v) is 14.3. The van der Waals surface area contributed by atoms with E-state index in [1.165, 1.54) is 0 Å². The molecule has 0 bridgehead atoms. The van der Waals surface area contributed by atoms with E-state index in [4.69, 9.17) is 0 Å². The Morgan fingerprint density at radius 3 is 2.80 bits per heavy atom. The van der Waals surface area contributed by atoms with Gasteiger partial charge in [0.2, 0.25) is 0 Å². The number of aromatic amines is 1. The van der Waals surface area contributed by atoms with E-state index in [0.29, 0.717) is 18.7 Å². The summed E-state index contributed by atoms with van der Waals surface area (Å²) >= 11 is 0. The topological polar surface area (TPSA) is 81.8 Å². The van der Waals surface area contributed by atoms with Crippen molar-refractivity contribution in [2.45, 2.75) is 26.4 Å². The molecular weight excluding hydrogens is 314 g/mol. The number of rotatable bonds is 4. The van der Waals surface area contributed by atoms with Crippen molar-refractivity contribution in [2.24, 2.45) is 0 Å². The van der Waals surface area contributed by atoms with Gasteiger partial charge in [0, 0.05) is 12.0 Å². The van der Waals surface area contributed by atoms with Crippen LogP contribution in [-0.4, -0.2) is 22.4 Å². The Balaban J connectivity index is 1.65. The molecular formula is C19H21N5O. The number of ketones is 1. The molecule has 25 heavy (non-hydrogen) atoms. The van der Waals surface area contributed by atoms with E-state index in [1.807, 2.05) is 19.1 Å². The lowest BCUT2D eigenvalue weighted by molar-refractivity contribution is 0.0994. The third-order valence-electron chi connectivity index (χ3n) is 4.47. The van der Waals surface area contributed by atoms with Crippen molar-refractivity contribution in [2.75, 3.05) is 6.67 Å². The standard InChI is InChI=1S/C19H21N5O/c1-11-3-13(7-14(4-11)19-22-10-23-24-19)8-17(25)15-5-12(2)6-16-18(15)21-9-20-16/h3-7,9,19,22-24H,8,10H2,1-2H3,(H,20,21). The second kappa shape index (κ2) is 6.40. The predicted octanol–water partition coefficient (Wildman–Crippen LogP) is 2.26. The van der Waals surface area contributed by atoms with E-state index in [9.17, 15) is 4.79 Å². The van der Waals surface area contributed by atoms with Gasteiger partial charge in [0.15, 0.2) is 5.78 Å². The van der Waals surface area contributed by atoms with Gasteiger partial charge in [-0.05, 0) is 42.7 Å². The maximum absolute atomic E-state index is 12.9. The average Bonchev–Trinajstić information content (AvgIpc) is 3.24. The van der Waals surface area contributed by atoms with E-state index in [2.05, 4.69) is 51.3 Å². The lowest BCUT2D eigenvalue weighted by Gasteiger charge is -2.13. The normalized spacial score (nSPS) is 17.3. The quantitative estimate of drug-likeness (QED) is 0.550. The minimum Gasteiger partial charge on any atom is -0.345 e. The van der Waals surface area contributed by atoms with E-state index in [-0.39, 0.29) is 11.9 Å². The molecule has 2 heterocycles. The summed E-state index contributed by atoms with van der Waals surface area (Å²) in [5.74, 6) is 0.0859. The van der Waals surface area contributed by atoms with E-state index in [1.54, 1.807) is 6.33 Å².